The molecule has 0 unspecified atom stereocenters. The minimum absolute atomic E-state index is 0.0152. The molecule has 0 aliphatic heterocycles. The number of halogens is 1. The number of carbonyl (C=O) groups excluding carboxylic acids is 3. The average Bonchev–Trinajstić information content (AvgIpc) is 2.70. The highest BCUT2D eigenvalue weighted by Crippen LogP contribution is 2.13. The summed E-state index contributed by atoms with van der Waals surface area (Å²) in [6.07, 6.45) is 3.20. The molecule has 2 aromatic rings. The number of ketones is 1. The SMILES string of the molecule is CCCCc1ccc(NC(=O)COC(=O)CCC(=O)c2ccc(Cl)cc2)cc1. The van der Waals surface area contributed by atoms with E-state index in [0.29, 0.717) is 16.3 Å². The average molecular weight is 402 g/mol. The molecule has 0 radical (unpaired) electrons. The molecule has 5 nitrogen and oxygen atoms in total. The van der Waals surface area contributed by atoms with Crippen LogP contribution in [0, 0.1) is 0 Å². The van der Waals surface area contributed by atoms with Gasteiger partial charge in [0.15, 0.2) is 12.4 Å². The number of hydrogen-bond acceptors (Lipinski definition) is 4. The highest BCUT2D eigenvalue weighted by Gasteiger charge is 2.12. The molecular formula is C22H24ClNO4. The molecule has 0 heterocycles. The van der Waals surface area contributed by atoms with Gasteiger partial charge in [-0.15, -0.1) is 0 Å². The van der Waals surface area contributed by atoms with Crippen molar-refractivity contribution in [1.29, 1.82) is 0 Å². The normalized spacial score (nSPS) is 10.4. The summed E-state index contributed by atoms with van der Waals surface area (Å²) in [5, 5.41) is 3.22. The van der Waals surface area contributed by atoms with Gasteiger partial charge in [-0.05, 0) is 54.8 Å². The summed E-state index contributed by atoms with van der Waals surface area (Å²) in [5.74, 6) is -1.19. The molecule has 0 saturated carbocycles. The Hall–Kier alpha value is -2.66. The molecule has 1 amide bonds. The first-order chi connectivity index (χ1) is 13.5. The molecule has 1 N–H and O–H groups in total. The standard InChI is InChI=1S/C22H24ClNO4/c1-2-3-4-16-5-11-19(12-6-16)24-21(26)15-28-22(27)14-13-20(25)17-7-9-18(23)10-8-17/h5-12H,2-4,13-15H2,1H3,(H,24,26). The van der Waals surface area contributed by atoms with Crippen LogP contribution in [-0.2, 0) is 20.7 Å². The van der Waals surface area contributed by atoms with Crippen molar-refractivity contribution >= 4 is 34.9 Å². The van der Waals surface area contributed by atoms with Gasteiger partial charge < -0.3 is 10.1 Å². The molecule has 0 aromatic heterocycles. The van der Waals surface area contributed by atoms with Gasteiger partial charge in [0.25, 0.3) is 5.91 Å². The number of amides is 1. The van der Waals surface area contributed by atoms with Crippen molar-refractivity contribution in [1.82, 2.24) is 0 Å². The first kappa shape index (κ1) is 21.6. The van der Waals surface area contributed by atoms with Crippen LogP contribution in [0.4, 0.5) is 5.69 Å². The van der Waals surface area contributed by atoms with E-state index < -0.39 is 11.9 Å². The maximum atomic E-state index is 12.0. The lowest BCUT2D eigenvalue weighted by Gasteiger charge is -2.07. The van der Waals surface area contributed by atoms with E-state index in [1.807, 2.05) is 24.3 Å². The van der Waals surface area contributed by atoms with E-state index >= 15 is 0 Å². The minimum atomic E-state index is -0.590. The molecular weight excluding hydrogens is 378 g/mol. The van der Waals surface area contributed by atoms with Crippen molar-refractivity contribution in [3.63, 3.8) is 0 Å². The van der Waals surface area contributed by atoms with Gasteiger partial charge in [-0.25, -0.2) is 0 Å². The molecule has 0 atom stereocenters. The maximum absolute atomic E-state index is 12.0. The van der Waals surface area contributed by atoms with Crippen LogP contribution in [0.2, 0.25) is 5.02 Å². The summed E-state index contributed by atoms with van der Waals surface area (Å²) < 4.78 is 4.93. The number of carbonyl (C=O) groups is 3. The number of aryl methyl sites for hydroxylation is 1. The number of Topliss-reactive ketones (excluding diaryl/α,β-unsaturated/α-hetero) is 1. The van der Waals surface area contributed by atoms with Crippen molar-refractivity contribution in [2.45, 2.75) is 39.0 Å². The van der Waals surface area contributed by atoms with E-state index in [9.17, 15) is 14.4 Å². The Morgan fingerprint density at radius 3 is 2.29 bits per heavy atom. The van der Waals surface area contributed by atoms with Gasteiger partial charge in [0.2, 0.25) is 0 Å². The second-order valence-corrected chi connectivity index (χ2v) is 6.88. The summed E-state index contributed by atoms with van der Waals surface area (Å²) in [5.41, 5.74) is 2.35. The Kier molecular flexibility index (Phi) is 8.69. The van der Waals surface area contributed by atoms with Gasteiger partial charge in [-0.2, -0.15) is 0 Å². The minimum Gasteiger partial charge on any atom is -0.456 e. The Balaban J connectivity index is 1.69. The second-order valence-electron chi connectivity index (χ2n) is 6.44. The van der Waals surface area contributed by atoms with Crippen LogP contribution in [0.25, 0.3) is 0 Å². The van der Waals surface area contributed by atoms with E-state index in [1.54, 1.807) is 24.3 Å². The third kappa shape index (κ3) is 7.53. The molecule has 148 valence electrons. The van der Waals surface area contributed by atoms with Crippen molar-refractivity contribution in [2.75, 3.05) is 11.9 Å². The lowest BCUT2D eigenvalue weighted by molar-refractivity contribution is -0.147. The van der Waals surface area contributed by atoms with Gasteiger partial charge in [-0.3, -0.25) is 14.4 Å². The van der Waals surface area contributed by atoms with Gasteiger partial charge in [0, 0.05) is 22.7 Å². The summed E-state index contributed by atoms with van der Waals surface area (Å²) in [6, 6.07) is 14.1. The molecule has 0 fully saturated rings. The fraction of sp³-hybridized carbons (Fsp3) is 0.318. The number of ether oxygens (including phenoxy) is 1. The lowest BCUT2D eigenvalue weighted by atomic mass is 10.1. The van der Waals surface area contributed by atoms with Crippen LogP contribution in [-0.4, -0.2) is 24.3 Å². The van der Waals surface area contributed by atoms with Crippen molar-refractivity contribution in [3.8, 4) is 0 Å². The third-order valence-corrected chi connectivity index (χ3v) is 4.40. The molecule has 0 aliphatic carbocycles. The van der Waals surface area contributed by atoms with E-state index in [1.165, 1.54) is 5.56 Å². The highest BCUT2D eigenvalue weighted by atomic mass is 35.5. The Bertz CT molecular complexity index is 800. The van der Waals surface area contributed by atoms with Gasteiger partial charge in [0.1, 0.15) is 0 Å². The smallest absolute Gasteiger partial charge is 0.306 e. The molecule has 28 heavy (non-hydrogen) atoms. The van der Waals surface area contributed by atoms with E-state index in [0.717, 1.165) is 19.3 Å². The molecule has 0 spiro atoms. The molecule has 2 aromatic carbocycles. The summed E-state index contributed by atoms with van der Waals surface area (Å²) in [6.45, 7) is 1.76. The summed E-state index contributed by atoms with van der Waals surface area (Å²) in [4.78, 5) is 35.7. The zero-order valence-electron chi connectivity index (χ0n) is 15.9. The highest BCUT2D eigenvalue weighted by molar-refractivity contribution is 6.30. The van der Waals surface area contributed by atoms with E-state index in [2.05, 4.69) is 12.2 Å². The number of hydrogen-bond donors (Lipinski definition) is 1. The van der Waals surface area contributed by atoms with Gasteiger partial charge >= 0.3 is 5.97 Å². The predicted molar refractivity (Wildman–Crippen MR) is 110 cm³/mol. The topological polar surface area (TPSA) is 72.5 Å². The number of rotatable bonds is 10. The Labute approximate surface area is 170 Å². The number of nitrogens with one attached hydrogen (secondary N) is 1. The number of anilines is 1. The number of benzene rings is 2. The zero-order valence-corrected chi connectivity index (χ0v) is 16.6. The monoisotopic (exact) mass is 401 g/mol. The summed E-state index contributed by atoms with van der Waals surface area (Å²) in [7, 11) is 0. The number of unbranched alkanes of at least 4 members (excludes halogenated alkanes) is 1. The molecule has 6 heteroatoms. The first-order valence-corrected chi connectivity index (χ1v) is 9.69. The van der Waals surface area contributed by atoms with Crippen LogP contribution in [0.1, 0.15) is 48.5 Å². The summed E-state index contributed by atoms with van der Waals surface area (Å²) >= 11 is 5.78. The van der Waals surface area contributed by atoms with E-state index in [4.69, 9.17) is 16.3 Å². The molecule has 2 rings (SSSR count). The quantitative estimate of drug-likeness (QED) is 0.457. The largest absolute Gasteiger partial charge is 0.456 e. The predicted octanol–water partition coefficient (Wildman–Crippen LogP) is 4.83. The molecule has 0 bridgehead atoms. The van der Waals surface area contributed by atoms with Crippen LogP contribution >= 0.6 is 11.6 Å². The zero-order chi connectivity index (χ0) is 20.4. The third-order valence-electron chi connectivity index (χ3n) is 4.14. The van der Waals surface area contributed by atoms with Crippen LogP contribution < -0.4 is 5.32 Å². The fourth-order valence-corrected chi connectivity index (χ4v) is 2.67. The van der Waals surface area contributed by atoms with Crippen molar-refractivity contribution in [2.24, 2.45) is 0 Å². The Morgan fingerprint density at radius 2 is 1.64 bits per heavy atom. The first-order valence-electron chi connectivity index (χ1n) is 9.31. The Morgan fingerprint density at radius 1 is 0.964 bits per heavy atom. The fourth-order valence-electron chi connectivity index (χ4n) is 2.55. The van der Waals surface area contributed by atoms with Crippen molar-refractivity contribution in [3.05, 3.63) is 64.7 Å². The van der Waals surface area contributed by atoms with Crippen LogP contribution in [0.5, 0.6) is 0 Å². The molecule has 0 aliphatic rings. The number of esters is 1. The lowest BCUT2D eigenvalue weighted by Crippen LogP contribution is -2.21. The maximum Gasteiger partial charge on any atom is 0.306 e. The van der Waals surface area contributed by atoms with Crippen LogP contribution in [0.15, 0.2) is 48.5 Å². The van der Waals surface area contributed by atoms with Crippen molar-refractivity contribution < 1.29 is 19.1 Å². The van der Waals surface area contributed by atoms with Gasteiger partial charge in [-0.1, -0.05) is 37.1 Å². The second kappa shape index (κ2) is 11.2. The molecule has 0 saturated heterocycles. The van der Waals surface area contributed by atoms with Gasteiger partial charge in [0.05, 0.1) is 6.42 Å². The van der Waals surface area contributed by atoms with Crippen LogP contribution in [0.3, 0.4) is 0 Å². The van der Waals surface area contributed by atoms with E-state index in [-0.39, 0.29) is 25.2 Å².